The van der Waals surface area contributed by atoms with Crippen molar-refractivity contribution < 1.29 is 12.8 Å². The van der Waals surface area contributed by atoms with Crippen LogP contribution in [0.3, 0.4) is 0 Å². The second-order valence-electron chi connectivity index (χ2n) is 4.42. The lowest BCUT2D eigenvalue weighted by atomic mass is 10.2. The standard InChI is InChI=1S/C13H15FN2O2S2/c1-9-6-11(7-12(15)13(9)14)20(17,18)16-4-2-10-3-5-19-8-10/h3,5-8,16H,2,4,15H2,1H3. The van der Waals surface area contributed by atoms with E-state index in [1.165, 1.54) is 13.0 Å². The molecule has 0 unspecified atom stereocenters. The molecule has 0 radical (unpaired) electrons. The van der Waals surface area contributed by atoms with E-state index >= 15 is 0 Å². The normalized spacial score (nSPS) is 11.7. The van der Waals surface area contributed by atoms with Crippen LogP contribution < -0.4 is 10.5 Å². The van der Waals surface area contributed by atoms with Gasteiger partial charge >= 0.3 is 0 Å². The number of anilines is 1. The van der Waals surface area contributed by atoms with Crippen molar-refractivity contribution in [2.24, 2.45) is 0 Å². The van der Waals surface area contributed by atoms with E-state index < -0.39 is 15.8 Å². The Bertz CT molecular complexity index is 674. The highest BCUT2D eigenvalue weighted by atomic mass is 32.2. The number of hydrogen-bond donors (Lipinski definition) is 2. The average molecular weight is 314 g/mol. The number of nitrogens with one attached hydrogen (secondary N) is 1. The third-order valence-corrected chi connectivity index (χ3v) is 5.02. The SMILES string of the molecule is Cc1cc(S(=O)(=O)NCCc2ccsc2)cc(N)c1F. The van der Waals surface area contributed by atoms with Crippen LogP contribution in [-0.2, 0) is 16.4 Å². The number of nitrogen functional groups attached to an aromatic ring is 1. The molecule has 2 rings (SSSR count). The summed E-state index contributed by atoms with van der Waals surface area (Å²) in [5.74, 6) is -0.581. The summed E-state index contributed by atoms with van der Waals surface area (Å²) in [5, 5.41) is 3.90. The maximum Gasteiger partial charge on any atom is 0.240 e. The molecule has 0 aliphatic carbocycles. The Kier molecular flexibility index (Phi) is 4.42. The third-order valence-electron chi connectivity index (χ3n) is 2.85. The molecule has 0 aliphatic heterocycles. The average Bonchev–Trinajstić information content (AvgIpc) is 2.88. The molecule has 0 atom stereocenters. The number of thiophene rings is 1. The fourth-order valence-corrected chi connectivity index (χ4v) is 3.62. The maximum atomic E-state index is 13.4. The summed E-state index contributed by atoms with van der Waals surface area (Å²) in [6.07, 6.45) is 0.610. The summed E-state index contributed by atoms with van der Waals surface area (Å²) < 4.78 is 40.1. The fraction of sp³-hybridized carbons (Fsp3) is 0.231. The van der Waals surface area contributed by atoms with Gasteiger partial charge in [0, 0.05) is 6.54 Å². The largest absolute Gasteiger partial charge is 0.396 e. The molecule has 0 fully saturated rings. The molecule has 2 aromatic rings. The van der Waals surface area contributed by atoms with Gasteiger partial charge in [0.1, 0.15) is 5.82 Å². The first-order chi connectivity index (χ1) is 9.40. The van der Waals surface area contributed by atoms with E-state index in [0.29, 0.717) is 6.42 Å². The first-order valence-corrected chi connectivity index (χ1v) is 8.39. The quantitative estimate of drug-likeness (QED) is 0.832. The Morgan fingerprint density at radius 1 is 1.40 bits per heavy atom. The van der Waals surface area contributed by atoms with Gasteiger partial charge in [0.25, 0.3) is 0 Å². The van der Waals surface area contributed by atoms with Gasteiger partial charge < -0.3 is 5.73 Å². The minimum absolute atomic E-state index is 0.0146. The first kappa shape index (κ1) is 15.0. The van der Waals surface area contributed by atoms with E-state index in [1.54, 1.807) is 11.3 Å². The van der Waals surface area contributed by atoms with E-state index in [-0.39, 0.29) is 22.7 Å². The predicted molar refractivity (Wildman–Crippen MR) is 78.8 cm³/mol. The minimum Gasteiger partial charge on any atom is -0.396 e. The number of nitrogens with two attached hydrogens (primary N) is 1. The summed E-state index contributed by atoms with van der Waals surface area (Å²) in [6, 6.07) is 4.35. The first-order valence-electron chi connectivity index (χ1n) is 5.96. The number of halogens is 1. The van der Waals surface area contributed by atoms with Crippen molar-refractivity contribution in [1.82, 2.24) is 4.72 Å². The van der Waals surface area contributed by atoms with E-state index in [9.17, 15) is 12.8 Å². The number of aryl methyl sites for hydroxylation is 1. The third kappa shape index (κ3) is 3.36. The van der Waals surface area contributed by atoms with Crippen LogP contribution in [0.25, 0.3) is 0 Å². The summed E-state index contributed by atoms with van der Waals surface area (Å²) in [6.45, 7) is 1.77. The second-order valence-corrected chi connectivity index (χ2v) is 6.97. The van der Waals surface area contributed by atoms with Crippen molar-refractivity contribution in [3.05, 3.63) is 45.9 Å². The highest BCUT2D eigenvalue weighted by Crippen LogP contribution is 2.20. The molecular formula is C13H15FN2O2S2. The summed E-state index contributed by atoms with van der Waals surface area (Å²) in [5.41, 5.74) is 6.58. The minimum atomic E-state index is -3.67. The topological polar surface area (TPSA) is 72.2 Å². The van der Waals surface area contributed by atoms with Gasteiger partial charge in [0.15, 0.2) is 0 Å². The van der Waals surface area contributed by atoms with Gasteiger partial charge in [-0.2, -0.15) is 11.3 Å². The Hall–Kier alpha value is -1.44. The highest BCUT2D eigenvalue weighted by molar-refractivity contribution is 7.89. The molecule has 1 aromatic heterocycles. The molecule has 3 N–H and O–H groups in total. The van der Waals surface area contributed by atoms with E-state index in [2.05, 4.69) is 4.72 Å². The molecule has 20 heavy (non-hydrogen) atoms. The molecule has 0 saturated carbocycles. The Morgan fingerprint density at radius 2 is 2.15 bits per heavy atom. The summed E-state index contributed by atoms with van der Waals surface area (Å²) in [4.78, 5) is -0.0146. The van der Waals surface area contributed by atoms with Crippen molar-refractivity contribution in [3.63, 3.8) is 0 Å². The number of rotatable bonds is 5. The van der Waals surface area contributed by atoms with Gasteiger partial charge in [0.2, 0.25) is 10.0 Å². The van der Waals surface area contributed by atoms with Crippen molar-refractivity contribution in [1.29, 1.82) is 0 Å². The fourth-order valence-electron chi connectivity index (χ4n) is 1.77. The molecule has 0 amide bonds. The van der Waals surface area contributed by atoms with Crippen LogP contribution >= 0.6 is 11.3 Å². The van der Waals surface area contributed by atoms with Crippen molar-refractivity contribution >= 4 is 27.0 Å². The van der Waals surface area contributed by atoms with Crippen LogP contribution in [0.5, 0.6) is 0 Å². The molecule has 0 saturated heterocycles. The summed E-state index contributed by atoms with van der Waals surface area (Å²) >= 11 is 1.56. The van der Waals surface area contributed by atoms with Gasteiger partial charge in [0.05, 0.1) is 10.6 Å². The van der Waals surface area contributed by atoms with Crippen LogP contribution in [0.1, 0.15) is 11.1 Å². The lowest BCUT2D eigenvalue weighted by molar-refractivity contribution is 0.580. The zero-order valence-electron chi connectivity index (χ0n) is 10.9. The van der Waals surface area contributed by atoms with Crippen molar-refractivity contribution in [3.8, 4) is 0 Å². The number of benzene rings is 1. The van der Waals surface area contributed by atoms with Crippen LogP contribution in [0.4, 0.5) is 10.1 Å². The lowest BCUT2D eigenvalue weighted by Gasteiger charge is -2.09. The van der Waals surface area contributed by atoms with Gasteiger partial charge in [-0.1, -0.05) is 0 Å². The van der Waals surface area contributed by atoms with Crippen molar-refractivity contribution in [2.45, 2.75) is 18.2 Å². The molecule has 0 bridgehead atoms. The van der Waals surface area contributed by atoms with Crippen LogP contribution in [0.15, 0.2) is 33.9 Å². The second kappa shape index (κ2) is 5.90. The Labute approximate surface area is 121 Å². The van der Waals surface area contributed by atoms with Gasteiger partial charge in [-0.3, -0.25) is 0 Å². The van der Waals surface area contributed by atoms with Gasteiger partial charge in [-0.15, -0.1) is 0 Å². The number of sulfonamides is 1. The predicted octanol–water partition coefficient (Wildman–Crippen LogP) is 2.30. The Balaban J connectivity index is 2.10. The molecule has 1 aromatic carbocycles. The van der Waals surface area contributed by atoms with Crippen LogP contribution in [-0.4, -0.2) is 15.0 Å². The Morgan fingerprint density at radius 3 is 2.75 bits per heavy atom. The molecule has 108 valence electrons. The maximum absolute atomic E-state index is 13.4. The summed E-state index contributed by atoms with van der Waals surface area (Å²) in [7, 11) is -3.67. The zero-order chi connectivity index (χ0) is 14.8. The molecule has 4 nitrogen and oxygen atoms in total. The van der Waals surface area contributed by atoms with Gasteiger partial charge in [-0.05, 0) is 53.4 Å². The molecule has 7 heteroatoms. The molecular weight excluding hydrogens is 299 g/mol. The number of hydrogen-bond acceptors (Lipinski definition) is 4. The lowest BCUT2D eigenvalue weighted by Crippen LogP contribution is -2.26. The smallest absolute Gasteiger partial charge is 0.240 e. The van der Waals surface area contributed by atoms with E-state index in [4.69, 9.17) is 5.73 Å². The molecule has 0 spiro atoms. The highest BCUT2D eigenvalue weighted by Gasteiger charge is 2.16. The van der Waals surface area contributed by atoms with E-state index in [0.717, 1.165) is 11.6 Å². The van der Waals surface area contributed by atoms with Crippen LogP contribution in [0, 0.1) is 12.7 Å². The van der Waals surface area contributed by atoms with Crippen molar-refractivity contribution in [2.75, 3.05) is 12.3 Å². The molecule has 1 heterocycles. The van der Waals surface area contributed by atoms with E-state index in [1.807, 2.05) is 16.8 Å². The zero-order valence-corrected chi connectivity index (χ0v) is 12.5. The van der Waals surface area contributed by atoms with Gasteiger partial charge in [-0.25, -0.2) is 17.5 Å². The molecule has 0 aliphatic rings. The van der Waals surface area contributed by atoms with Crippen LogP contribution in [0.2, 0.25) is 0 Å². The monoisotopic (exact) mass is 314 g/mol.